The van der Waals surface area contributed by atoms with Crippen molar-refractivity contribution < 1.29 is 4.42 Å². The largest absolute Gasteiger partial charge is 0.469 e. The van der Waals surface area contributed by atoms with Crippen LogP contribution >= 0.6 is 11.3 Å². The van der Waals surface area contributed by atoms with Crippen molar-refractivity contribution in [3.8, 4) is 39.1 Å². The van der Waals surface area contributed by atoms with Gasteiger partial charge in [-0.1, -0.05) is 162 Å². The second kappa shape index (κ2) is 15.2. The predicted octanol–water partition coefficient (Wildman–Crippen LogP) is 18.2. The molecule has 4 heterocycles. The minimum absolute atomic E-state index is 0.0400. The number of benzene rings is 8. The van der Waals surface area contributed by atoms with Gasteiger partial charge < -0.3 is 14.3 Å². The Morgan fingerprint density at radius 2 is 1.22 bits per heavy atom. The topological polar surface area (TPSA) is 30.1 Å². The summed E-state index contributed by atoms with van der Waals surface area (Å²) in [5.41, 5.74) is 24.6. The van der Waals surface area contributed by atoms with Crippen LogP contribution in [-0.2, 0) is 27.1 Å². The van der Waals surface area contributed by atoms with E-state index in [0.717, 1.165) is 33.7 Å². The molecule has 0 atom stereocenters. The summed E-state index contributed by atoms with van der Waals surface area (Å²) < 4.78 is 12.3. The van der Waals surface area contributed by atoms with Gasteiger partial charge in [0, 0.05) is 58.7 Å². The Bertz CT molecular complexity index is 4220. The number of fused-ring (bicyclic) bond motifs is 15. The van der Waals surface area contributed by atoms with Gasteiger partial charge in [0.05, 0.1) is 22.4 Å². The molecule has 1 N–H and O–H groups in total. The maximum Gasteiger partial charge on any atom is 0.247 e. The van der Waals surface area contributed by atoms with E-state index in [1.165, 1.54) is 127 Å². The highest BCUT2D eigenvalue weighted by molar-refractivity contribution is 7.27. The number of furan rings is 1. The number of hydrogen-bond acceptors (Lipinski definition) is 3. The summed E-state index contributed by atoms with van der Waals surface area (Å²) in [6.45, 7) is 28.7. The maximum absolute atomic E-state index is 7.14. The van der Waals surface area contributed by atoms with Crippen molar-refractivity contribution in [2.24, 2.45) is 0 Å². The average Bonchev–Trinajstić information content (AvgIpc) is 4.09. The van der Waals surface area contributed by atoms with Crippen LogP contribution in [0.3, 0.4) is 0 Å². The molecule has 3 nitrogen and oxygen atoms in total. The molecule has 1 aliphatic heterocycles. The highest BCUT2D eigenvalue weighted by Gasteiger charge is 2.44. The van der Waals surface area contributed by atoms with Gasteiger partial charge in [-0.15, -0.1) is 11.3 Å². The number of hydrogen-bond donors (Lipinski definition) is 1. The molecule has 0 spiro atoms. The fourth-order valence-corrected chi connectivity index (χ4v) is 14.6. The van der Waals surface area contributed by atoms with Crippen LogP contribution in [0, 0.1) is 0 Å². The molecule has 2 aliphatic carbocycles. The number of rotatable bonds is 4. The van der Waals surface area contributed by atoms with Gasteiger partial charge in [0.25, 0.3) is 0 Å². The van der Waals surface area contributed by atoms with Crippen molar-refractivity contribution in [3.05, 3.63) is 173 Å². The SMILES string of the molecule is CC(C)(C)c1ccc(Nc2cc3c(cc2-c2c4c5c(c6cc(C(C)(C)C)ccc6n5-c5c(oc6ccc(-c7ccccc7)cc56)[B]4)c4sc5ccccc5c24)C(C)(C)c2cc4c(cc2-3)C(C)(C)CCC4(C)C)cc1. The van der Waals surface area contributed by atoms with E-state index in [4.69, 9.17) is 4.42 Å². The number of thiophene rings is 1. The first-order chi connectivity index (χ1) is 35.2. The Balaban J connectivity index is 1.12. The van der Waals surface area contributed by atoms with E-state index in [2.05, 4.69) is 240 Å². The molecule has 0 saturated heterocycles. The van der Waals surface area contributed by atoms with Crippen molar-refractivity contribution in [1.82, 2.24) is 4.57 Å². The lowest BCUT2D eigenvalue weighted by molar-refractivity contribution is 0.331. The lowest BCUT2D eigenvalue weighted by Crippen LogP contribution is -2.36. The number of aromatic nitrogens is 1. The summed E-state index contributed by atoms with van der Waals surface area (Å²) >= 11 is 1.94. The molecule has 1 radical (unpaired) electrons. The molecule has 3 aliphatic rings. The van der Waals surface area contributed by atoms with Crippen molar-refractivity contribution in [2.75, 3.05) is 5.32 Å². The second-order valence-corrected chi connectivity index (χ2v) is 27.0. The molecule has 5 heteroatoms. The standard InChI is InChI=1S/C69H64BN2OS/c1-65(2,3)40-23-26-42(27-24-40)71-53-36-45-44-34-51-52(68(9,10)31-30-67(51,7)8)37-50(44)69(11,12)49(45)35-46(53)57-58-43-20-16-17-21-56(43)74-63(58)59-47-33-41(66(4,5)6)25-28-54(47)72-61-48-32-39(38-18-14-13-15-19-38)22-29-55(48)73-64(61)70-60(57)62(59)72/h13-29,32-37,71H,30-31H2,1-12H3. The third-order valence-corrected chi connectivity index (χ3v) is 19.0. The monoisotopic (exact) mass is 979 g/mol. The van der Waals surface area contributed by atoms with Gasteiger partial charge >= 0.3 is 0 Å². The zero-order valence-electron chi connectivity index (χ0n) is 45.0. The molecule has 0 amide bonds. The summed E-state index contributed by atoms with van der Waals surface area (Å²) in [6, 6.07) is 53.3. The fraction of sp³-hybridized carbons (Fsp3) is 0.275. The first-order valence-electron chi connectivity index (χ1n) is 26.9. The van der Waals surface area contributed by atoms with Gasteiger partial charge in [-0.25, -0.2) is 0 Å². The van der Waals surface area contributed by atoms with E-state index in [1.54, 1.807) is 0 Å². The normalized spacial score (nSPS) is 16.2. The average molecular weight is 980 g/mol. The third-order valence-electron chi connectivity index (χ3n) is 17.8. The summed E-state index contributed by atoms with van der Waals surface area (Å²) in [7, 11) is 2.40. The highest BCUT2D eigenvalue weighted by Crippen LogP contribution is 2.58. The van der Waals surface area contributed by atoms with Crippen LogP contribution in [0.25, 0.3) is 92.0 Å². The Hall–Kier alpha value is -6.82. The van der Waals surface area contributed by atoms with Crippen molar-refractivity contribution >= 4 is 94.1 Å². The second-order valence-electron chi connectivity index (χ2n) is 25.9. The van der Waals surface area contributed by atoms with Crippen molar-refractivity contribution in [2.45, 2.75) is 123 Å². The highest BCUT2D eigenvalue weighted by atomic mass is 32.1. The van der Waals surface area contributed by atoms with Gasteiger partial charge in [0.1, 0.15) is 5.58 Å². The molecule has 11 aromatic rings. The molecule has 0 unspecified atom stereocenters. The summed E-state index contributed by atoms with van der Waals surface area (Å²) in [5, 5.41) is 10.4. The zero-order chi connectivity index (χ0) is 51.2. The van der Waals surface area contributed by atoms with Crippen molar-refractivity contribution in [3.63, 3.8) is 0 Å². The van der Waals surface area contributed by atoms with Crippen LogP contribution in [0.4, 0.5) is 11.4 Å². The van der Waals surface area contributed by atoms with E-state index in [-0.39, 0.29) is 27.1 Å². The molecular weight excluding hydrogens is 916 g/mol. The molecule has 8 aromatic carbocycles. The maximum atomic E-state index is 7.14. The van der Waals surface area contributed by atoms with E-state index < -0.39 is 0 Å². The Morgan fingerprint density at radius 1 is 0.568 bits per heavy atom. The van der Waals surface area contributed by atoms with Gasteiger partial charge in [-0.05, 0) is 162 Å². The first-order valence-corrected chi connectivity index (χ1v) is 27.7. The van der Waals surface area contributed by atoms with E-state index in [0.29, 0.717) is 0 Å². The zero-order valence-corrected chi connectivity index (χ0v) is 45.9. The lowest BCUT2D eigenvalue weighted by Gasteiger charge is -2.42. The predicted molar refractivity (Wildman–Crippen MR) is 319 cm³/mol. The van der Waals surface area contributed by atoms with Crippen LogP contribution in [-0.4, -0.2) is 11.8 Å². The third kappa shape index (κ3) is 6.50. The summed E-state index contributed by atoms with van der Waals surface area (Å²) in [6.07, 6.45) is 2.37. The fourth-order valence-electron chi connectivity index (χ4n) is 13.3. The van der Waals surface area contributed by atoms with Gasteiger partial charge in [-0.3, -0.25) is 0 Å². The van der Waals surface area contributed by atoms with Crippen LogP contribution < -0.4 is 16.4 Å². The summed E-state index contributed by atoms with van der Waals surface area (Å²) in [5.74, 6) is 0. The van der Waals surface area contributed by atoms with Crippen LogP contribution in [0.2, 0.25) is 0 Å². The molecular formula is C69H64BN2OS. The molecule has 0 fully saturated rings. The number of nitrogens with zero attached hydrogens (tertiary/aromatic N) is 1. The smallest absolute Gasteiger partial charge is 0.247 e. The lowest BCUT2D eigenvalue weighted by atomic mass is 9.61. The number of anilines is 2. The van der Waals surface area contributed by atoms with E-state index in [9.17, 15) is 0 Å². The van der Waals surface area contributed by atoms with E-state index in [1.807, 2.05) is 11.3 Å². The Kier molecular flexibility index (Phi) is 9.38. The van der Waals surface area contributed by atoms with Gasteiger partial charge in [-0.2, -0.15) is 0 Å². The minimum atomic E-state index is -0.250. The number of nitrogens with one attached hydrogen (secondary N) is 1. The molecule has 365 valence electrons. The van der Waals surface area contributed by atoms with Gasteiger partial charge in [0.15, 0.2) is 0 Å². The molecule has 74 heavy (non-hydrogen) atoms. The molecule has 0 saturated carbocycles. The van der Waals surface area contributed by atoms with Crippen molar-refractivity contribution in [1.29, 1.82) is 0 Å². The van der Waals surface area contributed by atoms with Crippen LogP contribution in [0.15, 0.2) is 144 Å². The summed E-state index contributed by atoms with van der Waals surface area (Å²) in [4.78, 5) is 0. The first kappa shape index (κ1) is 45.8. The Morgan fingerprint density at radius 3 is 1.95 bits per heavy atom. The molecule has 14 rings (SSSR count). The molecule has 0 bridgehead atoms. The minimum Gasteiger partial charge on any atom is -0.469 e. The Labute approximate surface area is 440 Å². The quantitative estimate of drug-likeness (QED) is 0.178. The van der Waals surface area contributed by atoms with Crippen LogP contribution in [0.1, 0.15) is 129 Å². The van der Waals surface area contributed by atoms with Crippen LogP contribution in [0.5, 0.6) is 0 Å². The van der Waals surface area contributed by atoms with Gasteiger partial charge in [0.2, 0.25) is 7.28 Å². The molecule has 3 aromatic heterocycles. The van der Waals surface area contributed by atoms with E-state index >= 15 is 0 Å².